The van der Waals surface area contributed by atoms with E-state index in [9.17, 15) is 29.4 Å². The number of alkyl carbamates (subject to hydrolysis) is 1. The molecule has 0 radical (unpaired) electrons. The molecular formula is C25H35N3O8. The third-order valence-electron chi connectivity index (χ3n) is 7.54. The zero-order chi connectivity index (χ0) is 27.1. The lowest BCUT2D eigenvalue weighted by Crippen LogP contribution is -2.69. The molecule has 2 fully saturated rings. The van der Waals surface area contributed by atoms with Gasteiger partial charge in [0.25, 0.3) is 0 Å². The van der Waals surface area contributed by atoms with Gasteiger partial charge in [0.15, 0.2) is 5.54 Å². The third kappa shape index (κ3) is 4.42. The molecule has 0 aliphatic heterocycles. The van der Waals surface area contributed by atoms with Crippen LogP contribution in [0.15, 0.2) is 24.3 Å². The van der Waals surface area contributed by atoms with Crippen LogP contribution in [0.1, 0.15) is 47.5 Å². The minimum Gasteiger partial charge on any atom is -0.497 e. The van der Waals surface area contributed by atoms with Gasteiger partial charge in [0.05, 0.1) is 13.0 Å². The SMILES string of the molecule is CCC1(CC)[C@@H](NC(=O)Nc2cccc(OC)c2)[C@@H]2[C@@H](C(=O)O)[C@H]2[C@@]1(NC(=O)OC(C)(C)C)C(=O)O. The number of anilines is 1. The van der Waals surface area contributed by atoms with Crippen LogP contribution < -0.4 is 20.7 Å². The summed E-state index contributed by atoms with van der Waals surface area (Å²) in [7, 11) is 1.50. The zero-order valence-electron chi connectivity index (χ0n) is 21.4. The summed E-state index contributed by atoms with van der Waals surface area (Å²) in [6.45, 7) is 8.48. The Morgan fingerprint density at radius 2 is 1.72 bits per heavy atom. The number of rotatable bonds is 8. The molecule has 36 heavy (non-hydrogen) atoms. The van der Waals surface area contributed by atoms with Gasteiger partial charge in [0, 0.05) is 29.1 Å². The van der Waals surface area contributed by atoms with Gasteiger partial charge in [-0.25, -0.2) is 14.4 Å². The highest BCUT2D eigenvalue weighted by Gasteiger charge is 2.84. The number of nitrogens with one attached hydrogen (secondary N) is 3. The van der Waals surface area contributed by atoms with Crippen molar-refractivity contribution in [3.63, 3.8) is 0 Å². The minimum absolute atomic E-state index is 0.259. The molecule has 3 amide bonds. The molecule has 198 valence electrons. The first-order chi connectivity index (χ1) is 16.8. The van der Waals surface area contributed by atoms with Gasteiger partial charge < -0.3 is 35.6 Å². The van der Waals surface area contributed by atoms with E-state index >= 15 is 0 Å². The number of carbonyl (C=O) groups excluding carboxylic acids is 2. The van der Waals surface area contributed by atoms with Crippen molar-refractivity contribution in [2.45, 2.75) is 64.6 Å². The smallest absolute Gasteiger partial charge is 0.408 e. The standard InChI is InChI=1S/C25H35N3O8/c1-7-24(8-2)18(27-21(33)26-13-10-9-11-14(12-13)35-6)15-16(19(29)30)17(15)25(24,20(31)32)28-22(34)36-23(3,4)5/h9-12,15-18H,7-8H2,1-6H3,(H,28,34)(H,29,30)(H,31,32)(H2,26,27,33)/t15-,16-,17+,18+,25-/m1/s1. The summed E-state index contributed by atoms with van der Waals surface area (Å²) >= 11 is 0. The third-order valence-corrected chi connectivity index (χ3v) is 7.54. The summed E-state index contributed by atoms with van der Waals surface area (Å²) in [5, 5.41) is 28.6. The summed E-state index contributed by atoms with van der Waals surface area (Å²) in [4.78, 5) is 51.0. The summed E-state index contributed by atoms with van der Waals surface area (Å²) in [6, 6.07) is 5.24. The summed E-state index contributed by atoms with van der Waals surface area (Å²) in [5.41, 5.74) is -3.59. The summed E-state index contributed by atoms with van der Waals surface area (Å²) in [5.74, 6) is -4.67. The fourth-order valence-electron chi connectivity index (χ4n) is 6.14. The fourth-order valence-corrected chi connectivity index (χ4v) is 6.14. The minimum atomic E-state index is -1.96. The maximum atomic E-state index is 13.0. The number of aliphatic carboxylic acids is 2. The Hall–Kier alpha value is -3.50. The Morgan fingerprint density at radius 1 is 1.08 bits per heavy atom. The molecule has 0 heterocycles. The first-order valence-electron chi connectivity index (χ1n) is 12.0. The predicted octanol–water partition coefficient (Wildman–Crippen LogP) is 3.30. The number of methoxy groups -OCH3 is 1. The maximum Gasteiger partial charge on any atom is 0.408 e. The highest BCUT2D eigenvalue weighted by molar-refractivity contribution is 5.93. The van der Waals surface area contributed by atoms with Crippen LogP contribution in [0.2, 0.25) is 0 Å². The maximum absolute atomic E-state index is 13.0. The molecule has 5 N–H and O–H groups in total. The van der Waals surface area contributed by atoms with Crippen molar-refractivity contribution >= 4 is 29.8 Å². The van der Waals surface area contributed by atoms with Crippen LogP contribution in [0.25, 0.3) is 0 Å². The predicted molar refractivity (Wildman–Crippen MR) is 130 cm³/mol. The van der Waals surface area contributed by atoms with Crippen molar-refractivity contribution in [3.05, 3.63) is 24.3 Å². The Morgan fingerprint density at radius 3 is 2.22 bits per heavy atom. The number of ether oxygens (including phenoxy) is 2. The van der Waals surface area contributed by atoms with Crippen LogP contribution in [-0.4, -0.2) is 58.6 Å². The molecule has 1 aromatic rings. The number of urea groups is 1. The second-order valence-electron chi connectivity index (χ2n) is 10.4. The van der Waals surface area contributed by atoms with Crippen molar-refractivity contribution in [2.24, 2.45) is 23.2 Å². The number of carbonyl (C=O) groups is 4. The van der Waals surface area contributed by atoms with E-state index in [0.717, 1.165) is 0 Å². The van der Waals surface area contributed by atoms with Crippen LogP contribution in [0.4, 0.5) is 15.3 Å². The average molecular weight is 506 g/mol. The molecule has 11 nitrogen and oxygen atoms in total. The second-order valence-corrected chi connectivity index (χ2v) is 10.4. The molecule has 0 saturated heterocycles. The van der Waals surface area contributed by atoms with E-state index in [0.29, 0.717) is 11.4 Å². The van der Waals surface area contributed by atoms with Crippen LogP contribution in [-0.2, 0) is 14.3 Å². The van der Waals surface area contributed by atoms with Crippen LogP contribution >= 0.6 is 0 Å². The Labute approximate surface area is 209 Å². The Kier molecular flexibility index (Phi) is 7.16. The van der Waals surface area contributed by atoms with Gasteiger partial charge in [-0.2, -0.15) is 0 Å². The van der Waals surface area contributed by atoms with E-state index in [-0.39, 0.29) is 12.8 Å². The number of amides is 3. The van der Waals surface area contributed by atoms with Crippen molar-refractivity contribution in [1.82, 2.24) is 10.6 Å². The van der Waals surface area contributed by atoms with Gasteiger partial charge in [-0.05, 0) is 51.7 Å². The van der Waals surface area contributed by atoms with Crippen molar-refractivity contribution < 1.29 is 38.9 Å². The summed E-state index contributed by atoms with van der Waals surface area (Å²) < 4.78 is 10.5. The van der Waals surface area contributed by atoms with E-state index in [2.05, 4.69) is 16.0 Å². The lowest BCUT2D eigenvalue weighted by atomic mass is 9.62. The lowest BCUT2D eigenvalue weighted by Gasteiger charge is -2.48. The van der Waals surface area contributed by atoms with Crippen LogP contribution in [0.3, 0.4) is 0 Å². The van der Waals surface area contributed by atoms with Crippen molar-refractivity contribution in [3.8, 4) is 5.75 Å². The molecule has 1 aromatic carbocycles. The highest BCUT2D eigenvalue weighted by atomic mass is 16.6. The largest absolute Gasteiger partial charge is 0.497 e. The molecule has 2 aliphatic carbocycles. The topological polar surface area (TPSA) is 163 Å². The molecular weight excluding hydrogens is 470 g/mol. The molecule has 0 aromatic heterocycles. The van der Waals surface area contributed by atoms with E-state index in [1.54, 1.807) is 58.9 Å². The van der Waals surface area contributed by atoms with Crippen molar-refractivity contribution in [2.75, 3.05) is 12.4 Å². The van der Waals surface area contributed by atoms with Crippen molar-refractivity contribution in [1.29, 1.82) is 0 Å². The Balaban J connectivity index is 2.01. The molecule has 3 rings (SSSR count). The number of hydrogen-bond acceptors (Lipinski definition) is 6. The van der Waals surface area contributed by atoms with E-state index in [1.807, 2.05) is 0 Å². The quantitative estimate of drug-likeness (QED) is 0.359. The molecule has 11 heteroatoms. The van der Waals surface area contributed by atoms with Gasteiger partial charge in [0.1, 0.15) is 11.4 Å². The number of fused-ring (bicyclic) bond motifs is 1. The molecule has 0 spiro atoms. The molecule has 0 bridgehead atoms. The van der Waals surface area contributed by atoms with Gasteiger partial charge >= 0.3 is 24.1 Å². The number of benzene rings is 1. The first kappa shape index (κ1) is 27.1. The highest BCUT2D eigenvalue weighted by Crippen LogP contribution is 2.71. The van der Waals surface area contributed by atoms with Gasteiger partial charge in [-0.3, -0.25) is 4.79 Å². The average Bonchev–Trinajstić information content (AvgIpc) is 3.48. The van der Waals surface area contributed by atoms with Crippen LogP contribution in [0, 0.1) is 23.2 Å². The van der Waals surface area contributed by atoms with Gasteiger partial charge in [0.2, 0.25) is 0 Å². The zero-order valence-corrected chi connectivity index (χ0v) is 21.4. The normalized spacial score (nSPS) is 27.8. The molecule has 2 aliphatic rings. The van der Waals surface area contributed by atoms with E-state index in [1.165, 1.54) is 7.11 Å². The number of hydrogen-bond donors (Lipinski definition) is 5. The van der Waals surface area contributed by atoms with E-state index in [4.69, 9.17) is 9.47 Å². The Bertz CT molecular complexity index is 1050. The second kappa shape index (κ2) is 9.51. The van der Waals surface area contributed by atoms with E-state index < -0.39 is 64.4 Å². The molecule has 0 unspecified atom stereocenters. The van der Waals surface area contributed by atoms with Gasteiger partial charge in [-0.1, -0.05) is 19.9 Å². The fraction of sp³-hybridized carbons (Fsp3) is 0.600. The lowest BCUT2D eigenvalue weighted by molar-refractivity contribution is -0.155. The number of carboxylic acids is 2. The monoisotopic (exact) mass is 505 g/mol. The first-order valence-corrected chi connectivity index (χ1v) is 12.0. The van der Waals surface area contributed by atoms with Gasteiger partial charge in [-0.15, -0.1) is 0 Å². The number of carboxylic acid groups (broad SMARTS) is 2. The molecule has 2 saturated carbocycles. The summed E-state index contributed by atoms with van der Waals surface area (Å²) in [6.07, 6.45) is -0.433. The molecule has 5 atom stereocenters. The van der Waals surface area contributed by atoms with Crippen LogP contribution in [0.5, 0.6) is 5.75 Å².